The summed E-state index contributed by atoms with van der Waals surface area (Å²) < 4.78 is 67.9. The Balaban J connectivity index is 1.71. The lowest BCUT2D eigenvalue weighted by molar-refractivity contribution is -0.148. The van der Waals surface area contributed by atoms with Gasteiger partial charge in [0.15, 0.2) is 6.61 Å². The van der Waals surface area contributed by atoms with Gasteiger partial charge in [-0.25, -0.2) is 13.2 Å². The van der Waals surface area contributed by atoms with Crippen LogP contribution >= 0.6 is 0 Å². The van der Waals surface area contributed by atoms with Crippen LogP contribution in [0, 0.1) is 5.82 Å². The van der Waals surface area contributed by atoms with Crippen LogP contribution in [-0.4, -0.2) is 31.2 Å². The molecule has 1 aliphatic heterocycles. The number of nitrogens with zero attached hydrogens (tertiary/aromatic N) is 1. The second kappa shape index (κ2) is 7.31. The predicted octanol–water partition coefficient (Wildman–Crippen LogP) is 4.20. The number of alkyl halides is 4. The highest BCUT2D eigenvalue weighted by Crippen LogP contribution is 2.27. The molecule has 1 N–H and O–H groups in total. The summed E-state index contributed by atoms with van der Waals surface area (Å²) >= 11 is 0. The summed E-state index contributed by atoms with van der Waals surface area (Å²) in [5, 5.41) is 4.24. The van der Waals surface area contributed by atoms with Gasteiger partial charge in [0.05, 0.1) is 5.71 Å². The van der Waals surface area contributed by atoms with E-state index in [-0.39, 0.29) is 17.5 Å². The van der Waals surface area contributed by atoms with Crippen molar-refractivity contribution >= 4 is 5.71 Å². The molecule has 0 aliphatic carbocycles. The smallest absolute Gasteiger partial charge is 0.340 e. The maximum atomic E-state index is 13.1. The number of halogens is 5. The third kappa shape index (κ3) is 3.95. The molecule has 0 bridgehead atoms. The minimum Gasteiger partial charge on any atom is -0.487 e. The molecule has 0 saturated heterocycles. The molecule has 0 fully saturated rings. The lowest BCUT2D eigenvalue weighted by atomic mass is 9.91. The van der Waals surface area contributed by atoms with E-state index in [0.717, 1.165) is 11.1 Å². The third-order valence-electron chi connectivity index (χ3n) is 4.00. The van der Waals surface area contributed by atoms with Crippen LogP contribution in [0.5, 0.6) is 5.75 Å². The molecular weight excluding hydrogens is 355 g/mol. The van der Waals surface area contributed by atoms with Crippen LogP contribution in [0.3, 0.4) is 0 Å². The van der Waals surface area contributed by atoms with E-state index < -0.39 is 19.0 Å². The van der Waals surface area contributed by atoms with E-state index in [1.807, 2.05) is 0 Å². The summed E-state index contributed by atoms with van der Waals surface area (Å²) in [4.78, 5) is 0. The Hall–Kier alpha value is -2.64. The fourth-order valence-corrected chi connectivity index (χ4v) is 2.60. The van der Waals surface area contributed by atoms with Gasteiger partial charge in [0.25, 0.3) is 0 Å². The highest BCUT2D eigenvalue weighted by Gasteiger charge is 2.41. The molecule has 2 aromatic carbocycles. The summed E-state index contributed by atoms with van der Waals surface area (Å²) in [6.07, 6.45) is -3.78. The average molecular weight is 370 g/mol. The van der Waals surface area contributed by atoms with Crippen LogP contribution in [0.2, 0.25) is 0 Å². The van der Waals surface area contributed by atoms with E-state index in [9.17, 15) is 22.0 Å². The fourth-order valence-electron chi connectivity index (χ4n) is 2.60. The number of nitrogens with one attached hydrogen (secondary N) is 1. The summed E-state index contributed by atoms with van der Waals surface area (Å²) in [6, 6.07) is 12.1. The molecule has 0 radical (unpaired) electrons. The van der Waals surface area contributed by atoms with Gasteiger partial charge in [0.1, 0.15) is 11.6 Å². The quantitative estimate of drug-likeness (QED) is 0.774. The molecule has 1 atom stereocenters. The van der Waals surface area contributed by atoms with Crippen molar-refractivity contribution in [1.82, 2.24) is 5.43 Å². The summed E-state index contributed by atoms with van der Waals surface area (Å²) in [5.41, 5.74) is 5.20. The fraction of sp³-hybridized carbons (Fsp3) is 0.278. The van der Waals surface area contributed by atoms with Gasteiger partial charge < -0.3 is 10.2 Å². The van der Waals surface area contributed by atoms with E-state index in [1.54, 1.807) is 24.3 Å². The van der Waals surface area contributed by atoms with Gasteiger partial charge in [-0.15, -0.1) is 0 Å². The second-order valence-electron chi connectivity index (χ2n) is 5.84. The van der Waals surface area contributed by atoms with Gasteiger partial charge >= 0.3 is 12.3 Å². The number of hydrogen-bond donors (Lipinski definition) is 1. The summed E-state index contributed by atoms with van der Waals surface area (Å²) in [7, 11) is 0. The monoisotopic (exact) mass is 370 g/mol. The zero-order valence-electron chi connectivity index (χ0n) is 13.4. The van der Waals surface area contributed by atoms with Crippen LogP contribution in [0.25, 0.3) is 0 Å². The number of hydrazone groups is 1. The van der Waals surface area contributed by atoms with Crippen molar-refractivity contribution in [3.05, 3.63) is 65.5 Å². The molecular formula is C18H15F5N2O. The SMILES string of the molecule is Fc1ccc(C2CNN=C2c2ccc(OCC(F)(F)C(F)F)cc2)cc1. The van der Waals surface area contributed by atoms with Crippen molar-refractivity contribution in [3.63, 3.8) is 0 Å². The van der Waals surface area contributed by atoms with Gasteiger partial charge in [0, 0.05) is 12.5 Å². The molecule has 8 heteroatoms. The first-order chi connectivity index (χ1) is 12.4. The lowest BCUT2D eigenvalue weighted by Gasteiger charge is -2.16. The van der Waals surface area contributed by atoms with E-state index in [4.69, 9.17) is 4.74 Å². The van der Waals surface area contributed by atoms with Crippen molar-refractivity contribution < 1.29 is 26.7 Å². The molecule has 0 amide bonds. The van der Waals surface area contributed by atoms with Crippen LogP contribution in [0.4, 0.5) is 22.0 Å². The molecule has 1 heterocycles. The topological polar surface area (TPSA) is 33.6 Å². The van der Waals surface area contributed by atoms with E-state index in [2.05, 4.69) is 10.5 Å². The van der Waals surface area contributed by atoms with Gasteiger partial charge in [-0.3, -0.25) is 0 Å². The normalized spacial score (nSPS) is 17.2. The van der Waals surface area contributed by atoms with Gasteiger partial charge in [0.2, 0.25) is 0 Å². The highest BCUT2D eigenvalue weighted by molar-refractivity contribution is 6.06. The third-order valence-corrected chi connectivity index (χ3v) is 4.00. The molecule has 1 aliphatic rings. The average Bonchev–Trinajstić information content (AvgIpc) is 3.11. The summed E-state index contributed by atoms with van der Waals surface area (Å²) in [6.45, 7) is -0.857. The number of rotatable bonds is 6. The minimum absolute atomic E-state index is 0.0546. The maximum Gasteiger partial charge on any atom is 0.340 e. The van der Waals surface area contributed by atoms with E-state index >= 15 is 0 Å². The van der Waals surface area contributed by atoms with Crippen LogP contribution in [0.1, 0.15) is 17.0 Å². The first kappa shape index (κ1) is 18.2. The molecule has 2 aromatic rings. The molecule has 0 aromatic heterocycles. The Bertz CT molecular complexity index is 775. The standard InChI is InChI=1S/C18H15F5N2O/c19-13-5-1-11(2-6-13)15-9-24-25-16(15)12-3-7-14(8-4-12)26-10-18(22,23)17(20)21/h1-8,15,17,24H,9-10H2. The van der Waals surface area contributed by atoms with Crippen LogP contribution in [-0.2, 0) is 0 Å². The largest absolute Gasteiger partial charge is 0.487 e. The molecule has 0 spiro atoms. The van der Waals surface area contributed by atoms with E-state index in [0.29, 0.717) is 12.3 Å². The Morgan fingerprint density at radius 1 is 1.08 bits per heavy atom. The second-order valence-corrected chi connectivity index (χ2v) is 5.84. The zero-order chi connectivity index (χ0) is 18.7. The molecule has 3 nitrogen and oxygen atoms in total. The van der Waals surface area contributed by atoms with Crippen molar-refractivity contribution in [3.8, 4) is 5.75 Å². The zero-order valence-corrected chi connectivity index (χ0v) is 13.4. The molecule has 1 unspecified atom stereocenters. The first-order valence-electron chi connectivity index (χ1n) is 7.82. The van der Waals surface area contributed by atoms with Gasteiger partial charge in [-0.2, -0.15) is 13.9 Å². The lowest BCUT2D eigenvalue weighted by Crippen LogP contribution is -2.33. The number of hydrogen-bond acceptors (Lipinski definition) is 3. The Morgan fingerprint density at radius 3 is 2.35 bits per heavy atom. The molecule has 0 saturated carbocycles. The minimum atomic E-state index is -4.20. The van der Waals surface area contributed by atoms with Crippen molar-refractivity contribution in [1.29, 1.82) is 0 Å². The Morgan fingerprint density at radius 2 is 1.73 bits per heavy atom. The van der Waals surface area contributed by atoms with Crippen molar-refractivity contribution in [2.24, 2.45) is 5.10 Å². The van der Waals surface area contributed by atoms with Crippen LogP contribution < -0.4 is 10.2 Å². The Labute approximate surface area is 146 Å². The highest BCUT2D eigenvalue weighted by atomic mass is 19.3. The van der Waals surface area contributed by atoms with Gasteiger partial charge in [-0.1, -0.05) is 12.1 Å². The van der Waals surface area contributed by atoms with Crippen molar-refractivity contribution in [2.75, 3.05) is 13.2 Å². The predicted molar refractivity (Wildman–Crippen MR) is 86.6 cm³/mol. The van der Waals surface area contributed by atoms with E-state index in [1.165, 1.54) is 24.3 Å². The Kier molecular flexibility index (Phi) is 5.11. The van der Waals surface area contributed by atoms with Crippen LogP contribution in [0.15, 0.2) is 53.6 Å². The molecule has 138 valence electrons. The number of benzene rings is 2. The maximum absolute atomic E-state index is 13.1. The van der Waals surface area contributed by atoms with Crippen molar-refractivity contribution in [2.45, 2.75) is 18.3 Å². The molecule has 26 heavy (non-hydrogen) atoms. The first-order valence-corrected chi connectivity index (χ1v) is 7.82. The number of ether oxygens (including phenoxy) is 1. The molecule has 3 rings (SSSR count). The van der Waals surface area contributed by atoms with Gasteiger partial charge in [-0.05, 0) is 47.5 Å². The summed E-state index contributed by atoms with van der Waals surface area (Å²) in [5.74, 6) is -4.57.